The fourth-order valence-electron chi connectivity index (χ4n) is 1.30. The van der Waals surface area contributed by atoms with Gasteiger partial charge in [0.15, 0.2) is 0 Å². The van der Waals surface area contributed by atoms with Crippen molar-refractivity contribution < 1.29 is 13.5 Å². The number of phenolic OH excluding ortho intramolecular Hbond substituents is 1. The van der Waals surface area contributed by atoms with Crippen LogP contribution < -0.4 is 4.72 Å². The van der Waals surface area contributed by atoms with Crippen LogP contribution in [0, 0.1) is 0 Å². The van der Waals surface area contributed by atoms with E-state index in [1.807, 2.05) is 0 Å². The lowest BCUT2D eigenvalue weighted by Gasteiger charge is -2.07. The van der Waals surface area contributed by atoms with Gasteiger partial charge in [-0.25, -0.2) is 13.4 Å². The summed E-state index contributed by atoms with van der Waals surface area (Å²) in [6.07, 6.45) is 1.47. The molecule has 0 fully saturated rings. The second-order valence-corrected chi connectivity index (χ2v) is 4.94. The van der Waals surface area contributed by atoms with Gasteiger partial charge in [0.05, 0.1) is 0 Å². The molecule has 0 saturated carbocycles. The number of benzene rings is 1. The second-order valence-electron chi connectivity index (χ2n) is 3.29. The maximum absolute atomic E-state index is 11.9. The van der Waals surface area contributed by atoms with E-state index in [2.05, 4.69) is 9.71 Å². The van der Waals surface area contributed by atoms with Crippen LogP contribution in [-0.2, 0) is 10.0 Å². The van der Waals surface area contributed by atoms with E-state index in [0.717, 1.165) is 0 Å². The predicted molar refractivity (Wildman–Crippen MR) is 63.2 cm³/mol. The van der Waals surface area contributed by atoms with Gasteiger partial charge < -0.3 is 5.11 Å². The normalized spacial score (nSPS) is 11.1. The van der Waals surface area contributed by atoms with Crippen LogP contribution in [0.2, 0.25) is 0 Å². The Bertz CT molecular complexity index is 612. The van der Waals surface area contributed by atoms with Crippen molar-refractivity contribution >= 4 is 15.8 Å². The Labute approximate surface area is 98.8 Å². The number of hydrogen-bond acceptors (Lipinski definition) is 4. The van der Waals surface area contributed by atoms with Crippen LogP contribution in [0.1, 0.15) is 0 Å². The Morgan fingerprint density at radius 1 is 1.06 bits per heavy atom. The third kappa shape index (κ3) is 2.54. The van der Waals surface area contributed by atoms with E-state index in [1.54, 1.807) is 18.2 Å². The Kier molecular flexibility index (Phi) is 2.97. The van der Waals surface area contributed by atoms with Crippen LogP contribution in [0.25, 0.3) is 0 Å². The van der Waals surface area contributed by atoms with Crippen LogP contribution in [0.4, 0.5) is 5.82 Å². The Balaban J connectivity index is 2.36. The number of pyridine rings is 1. The number of nitrogens with one attached hydrogen (secondary N) is 1. The van der Waals surface area contributed by atoms with Crippen molar-refractivity contribution in [2.75, 3.05) is 4.72 Å². The predicted octanol–water partition coefficient (Wildman–Crippen LogP) is 1.59. The fraction of sp³-hybridized carbons (Fsp3) is 0. The van der Waals surface area contributed by atoms with Crippen molar-refractivity contribution in [1.29, 1.82) is 0 Å². The monoisotopic (exact) mass is 250 g/mol. The van der Waals surface area contributed by atoms with E-state index in [0.29, 0.717) is 0 Å². The molecule has 1 aromatic heterocycles. The van der Waals surface area contributed by atoms with Gasteiger partial charge in [-0.15, -0.1) is 0 Å². The second kappa shape index (κ2) is 4.42. The van der Waals surface area contributed by atoms with Gasteiger partial charge in [-0.3, -0.25) is 4.72 Å². The van der Waals surface area contributed by atoms with Crippen molar-refractivity contribution in [2.45, 2.75) is 4.90 Å². The molecule has 0 spiro atoms. The molecule has 0 saturated heterocycles. The molecule has 0 aliphatic heterocycles. The molecule has 0 unspecified atom stereocenters. The zero-order valence-electron chi connectivity index (χ0n) is 8.74. The average Bonchev–Trinajstić information content (AvgIpc) is 2.30. The zero-order chi connectivity index (χ0) is 12.3. The number of aromatic nitrogens is 1. The molecule has 1 heterocycles. The molecule has 0 bridgehead atoms. The van der Waals surface area contributed by atoms with Gasteiger partial charge in [-0.2, -0.15) is 0 Å². The molecule has 2 aromatic rings. The topological polar surface area (TPSA) is 79.3 Å². The summed E-state index contributed by atoms with van der Waals surface area (Å²) in [5, 5.41) is 9.48. The summed E-state index contributed by atoms with van der Waals surface area (Å²) in [6.45, 7) is 0. The van der Waals surface area contributed by atoms with Gasteiger partial charge in [-0.05, 0) is 24.3 Å². The van der Waals surface area contributed by atoms with Crippen molar-refractivity contribution in [2.24, 2.45) is 0 Å². The number of anilines is 1. The number of phenols is 1. The molecule has 5 nitrogen and oxygen atoms in total. The highest BCUT2D eigenvalue weighted by atomic mass is 32.2. The van der Waals surface area contributed by atoms with Crippen LogP contribution in [-0.4, -0.2) is 18.5 Å². The van der Waals surface area contributed by atoms with Gasteiger partial charge in [0.2, 0.25) is 0 Å². The molecular weight excluding hydrogens is 240 g/mol. The van der Waals surface area contributed by atoms with E-state index in [1.165, 1.54) is 30.5 Å². The van der Waals surface area contributed by atoms with Crippen molar-refractivity contribution in [3.05, 3.63) is 48.7 Å². The SMILES string of the molecule is O=S(=O)(Nc1ccccn1)c1ccccc1O. The lowest BCUT2D eigenvalue weighted by atomic mass is 10.3. The van der Waals surface area contributed by atoms with Crippen molar-refractivity contribution in [3.8, 4) is 5.75 Å². The first-order valence-electron chi connectivity index (χ1n) is 4.81. The quantitative estimate of drug-likeness (QED) is 0.867. The van der Waals surface area contributed by atoms with Crippen LogP contribution in [0.15, 0.2) is 53.6 Å². The highest BCUT2D eigenvalue weighted by Crippen LogP contribution is 2.23. The number of nitrogens with zero attached hydrogens (tertiary/aromatic N) is 1. The molecule has 0 atom stereocenters. The lowest BCUT2D eigenvalue weighted by molar-refractivity contribution is 0.459. The standard InChI is InChI=1S/C11H10N2O3S/c14-9-5-1-2-6-10(9)17(15,16)13-11-7-3-4-8-12-11/h1-8,14H,(H,12,13). The summed E-state index contributed by atoms with van der Waals surface area (Å²) < 4.78 is 26.1. The van der Waals surface area contributed by atoms with Gasteiger partial charge >= 0.3 is 0 Å². The van der Waals surface area contributed by atoms with Gasteiger partial charge in [-0.1, -0.05) is 18.2 Å². The summed E-state index contributed by atoms with van der Waals surface area (Å²) in [4.78, 5) is 3.67. The zero-order valence-corrected chi connectivity index (χ0v) is 9.55. The minimum absolute atomic E-state index is 0.175. The minimum atomic E-state index is -3.81. The van der Waals surface area contributed by atoms with E-state index in [4.69, 9.17) is 0 Å². The molecule has 0 aliphatic carbocycles. The Morgan fingerprint density at radius 3 is 2.41 bits per heavy atom. The summed E-state index contributed by atoms with van der Waals surface area (Å²) >= 11 is 0. The summed E-state index contributed by atoms with van der Waals surface area (Å²) in [5.74, 6) is -0.0910. The smallest absolute Gasteiger partial charge is 0.266 e. The van der Waals surface area contributed by atoms with Gasteiger partial charge in [0.25, 0.3) is 10.0 Å². The maximum Gasteiger partial charge on any atom is 0.266 e. The first-order valence-corrected chi connectivity index (χ1v) is 6.30. The molecule has 88 valence electrons. The molecule has 1 aromatic carbocycles. The number of aromatic hydroxyl groups is 1. The number of para-hydroxylation sites is 1. The molecule has 17 heavy (non-hydrogen) atoms. The van der Waals surface area contributed by atoms with E-state index in [9.17, 15) is 13.5 Å². The molecule has 2 N–H and O–H groups in total. The Hall–Kier alpha value is -2.08. The first-order chi connectivity index (χ1) is 8.09. The molecule has 6 heteroatoms. The van der Waals surface area contributed by atoms with Gasteiger partial charge in [0.1, 0.15) is 16.5 Å². The van der Waals surface area contributed by atoms with E-state index < -0.39 is 10.0 Å². The summed E-state index contributed by atoms with van der Waals surface area (Å²) in [6, 6.07) is 10.6. The van der Waals surface area contributed by atoms with Crippen LogP contribution >= 0.6 is 0 Å². The molecule has 2 rings (SSSR count). The lowest BCUT2D eigenvalue weighted by Crippen LogP contribution is -2.13. The minimum Gasteiger partial charge on any atom is -0.507 e. The average molecular weight is 250 g/mol. The summed E-state index contributed by atoms with van der Waals surface area (Å²) in [7, 11) is -3.81. The highest BCUT2D eigenvalue weighted by Gasteiger charge is 2.18. The molecular formula is C11H10N2O3S. The molecule has 0 radical (unpaired) electrons. The number of rotatable bonds is 3. The molecule has 0 amide bonds. The van der Waals surface area contributed by atoms with E-state index in [-0.39, 0.29) is 16.5 Å². The maximum atomic E-state index is 11.9. The fourth-order valence-corrected chi connectivity index (χ4v) is 2.41. The highest BCUT2D eigenvalue weighted by molar-refractivity contribution is 7.92. The van der Waals surface area contributed by atoms with Crippen molar-refractivity contribution in [1.82, 2.24) is 4.98 Å². The number of sulfonamides is 1. The largest absolute Gasteiger partial charge is 0.507 e. The molecule has 0 aliphatic rings. The summed E-state index contributed by atoms with van der Waals surface area (Å²) in [5.41, 5.74) is 0. The number of hydrogen-bond donors (Lipinski definition) is 2. The third-order valence-corrected chi connectivity index (χ3v) is 3.46. The van der Waals surface area contributed by atoms with E-state index >= 15 is 0 Å². The van der Waals surface area contributed by atoms with Crippen LogP contribution in [0.3, 0.4) is 0 Å². The third-order valence-electron chi connectivity index (χ3n) is 2.06. The van der Waals surface area contributed by atoms with Gasteiger partial charge in [0, 0.05) is 6.20 Å². The van der Waals surface area contributed by atoms with Crippen molar-refractivity contribution in [3.63, 3.8) is 0 Å². The van der Waals surface area contributed by atoms with Crippen LogP contribution in [0.5, 0.6) is 5.75 Å². The first kappa shape index (κ1) is 11.4. The Morgan fingerprint density at radius 2 is 1.76 bits per heavy atom.